The van der Waals surface area contributed by atoms with E-state index in [2.05, 4.69) is 10.2 Å². The van der Waals surface area contributed by atoms with Crippen LogP contribution in [-0.2, 0) is 4.79 Å². The Kier molecular flexibility index (Phi) is 6.80. The first-order valence-electron chi connectivity index (χ1n) is 9.48. The summed E-state index contributed by atoms with van der Waals surface area (Å²) in [6, 6.07) is 7.62. The normalized spacial score (nSPS) is 16.1. The first-order valence-corrected chi connectivity index (χ1v) is 9.86. The number of hydrogen-bond donors (Lipinski definition) is 1. The van der Waals surface area contributed by atoms with Crippen molar-refractivity contribution in [2.45, 2.75) is 39.2 Å². The van der Waals surface area contributed by atoms with Crippen LogP contribution < -0.4 is 10.1 Å². The number of amides is 1. The molecular formula is C21H27ClN2O3. The van der Waals surface area contributed by atoms with Crippen LogP contribution in [-0.4, -0.2) is 37.0 Å². The van der Waals surface area contributed by atoms with Gasteiger partial charge in [0.25, 0.3) is 5.91 Å². The molecule has 1 aliphatic heterocycles. The Morgan fingerprint density at radius 2 is 1.96 bits per heavy atom. The van der Waals surface area contributed by atoms with E-state index in [9.17, 15) is 4.79 Å². The fraction of sp³-hybridized carbons (Fsp3) is 0.476. The number of piperidine rings is 1. The largest absolute Gasteiger partial charge is 0.484 e. The zero-order valence-electron chi connectivity index (χ0n) is 16.0. The fourth-order valence-corrected chi connectivity index (χ4v) is 3.63. The number of rotatable bonds is 7. The predicted octanol–water partition coefficient (Wildman–Crippen LogP) is 4.27. The van der Waals surface area contributed by atoms with Crippen molar-refractivity contribution in [3.05, 3.63) is 52.4 Å². The second-order valence-electron chi connectivity index (χ2n) is 7.09. The number of ether oxygens (including phenoxy) is 1. The Bertz CT molecular complexity index is 732. The summed E-state index contributed by atoms with van der Waals surface area (Å²) in [4.78, 5) is 14.7. The molecule has 146 valence electrons. The average molecular weight is 391 g/mol. The van der Waals surface area contributed by atoms with Gasteiger partial charge in [-0.25, -0.2) is 0 Å². The summed E-state index contributed by atoms with van der Waals surface area (Å²) in [5, 5.41) is 3.72. The van der Waals surface area contributed by atoms with Gasteiger partial charge in [0, 0.05) is 11.6 Å². The molecule has 27 heavy (non-hydrogen) atoms. The third kappa shape index (κ3) is 5.27. The Hall–Kier alpha value is -1.98. The molecule has 2 heterocycles. The molecule has 2 aromatic rings. The van der Waals surface area contributed by atoms with E-state index < -0.39 is 0 Å². The van der Waals surface area contributed by atoms with E-state index in [0.717, 1.165) is 35.0 Å². The summed E-state index contributed by atoms with van der Waals surface area (Å²) >= 11 is 6.17. The highest BCUT2D eigenvalue weighted by molar-refractivity contribution is 6.32. The van der Waals surface area contributed by atoms with Gasteiger partial charge in [0.1, 0.15) is 11.5 Å². The number of nitrogens with one attached hydrogen (secondary N) is 1. The lowest BCUT2D eigenvalue weighted by molar-refractivity contribution is -0.123. The Balaban J connectivity index is 1.54. The quantitative estimate of drug-likeness (QED) is 0.766. The molecule has 0 spiro atoms. The number of benzene rings is 1. The number of carbonyl (C=O) groups excluding carboxylic acids is 1. The highest BCUT2D eigenvalue weighted by Crippen LogP contribution is 2.26. The molecule has 3 rings (SSSR count). The maximum Gasteiger partial charge on any atom is 0.258 e. The second kappa shape index (κ2) is 9.29. The number of likely N-dealkylation sites (tertiary alicyclic amines) is 1. The summed E-state index contributed by atoms with van der Waals surface area (Å²) in [5.41, 5.74) is 1.88. The lowest BCUT2D eigenvalue weighted by Gasteiger charge is -2.33. The van der Waals surface area contributed by atoms with Gasteiger partial charge in [-0.15, -0.1) is 0 Å². The van der Waals surface area contributed by atoms with Gasteiger partial charge in [-0.2, -0.15) is 0 Å². The van der Waals surface area contributed by atoms with Crippen LogP contribution in [0.1, 0.15) is 42.2 Å². The predicted molar refractivity (Wildman–Crippen MR) is 106 cm³/mol. The Morgan fingerprint density at radius 3 is 2.59 bits per heavy atom. The van der Waals surface area contributed by atoms with Gasteiger partial charge in [-0.1, -0.05) is 18.0 Å². The highest BCUT2D eigenvalue weighted by atomic mass is 35.5. The molecule has 1 aromatic heterocycles. The van der Waals surface area contributed by atoms with E-state index in [1.54, 1.807) is 6.26 Å². The number of aryl methyl sites for hydroxylation is 2. The molecule has 0 radical (unpaired) electrons. The molecule has 1 amide bonds. The van der Waals surface area contributed by atoms with E-state index in [1.165, 1.54) is 19.3 Å². The molecule has 1 atom stereocenters. The van der Waals surface area contributed by atoms with E-state index in [1.807, 2.05) is 38.1 Å². The summed E-state index contributed by atoms with van der Waals surface area (Å²) in [6.45, 7) is 6.39. The Morgan fingerprint density at radius 1 is 1.26 bits per heavy atom. The van der Waals surface area contributed by atoms with Gasteiger partial charge < -0.3 is 14.5 Å². The van der Waals surface area contributed by atoms with E-state index in [-0.39, 0.29) is 18.6 Å². The molecule has 1 fully saturated rings. The molecule has 1 saturated heterocycles. The molecule has 1 aromatic carbocycles. The first-order chi connectivity index (χ1) is 13.0. The highest BCUT2D eigenvalue weighted by Gasteiger charge is 2.24. The zero-order chi connectivity index (χ0) is 19.2. The van der Waals surface area contributed by atoms with Gasteiger partial charge in [-0.05, 0) is 75.2 Å². The van der Waals surface area contributed by atoms with E-state index >= 15 is 0 Å². The smallest absolute Gasteiger partial charge is 0.258 e. The van der Waals surface area contributed by atoms with Crippen LogP contribution in [0.15, 0.2) is 34.9 Å². The van der Waals surface area contributed by atoms with Gasteiger partial charge in [0.15, 0.2) is 6.61 Å². The molecule has 5 nitrogen and oxygen atoms in total. The molecule has 1 N–H and O–H groups in total. The van der Waals surface area contributed by atoms with Crippen LogP contribution in [0.5, 0.6) is 5.75 Å². The molecule has 1 aliphatic rings. The van der Waals surface area contributed by atoms with Crippen LogP contribution in [0.2, 0.25) is 5.02 Å². The van der Waals surface area contributed by atoms with Crippen molar-refractivity contribution in [3.8, 4) is 5.75 Å². The van der Waals surface area contributed by atoms with Gasteiger partial charge in [0.05, 0.1) is 12.3 Å². The molecule has 0 bridgehead atoms. The maximum atomic E-state index is 12.3. The SMILES string of the molecule is Cc1cc(OCC(=O)NC[C@H](c2ccco2)N2CCCCC2)cc(C)c1Cl. The number of nitrogens with zero attached hydrogens (tertiary/aromatic N) is 1. The monoisotopic (exact) mass is 390 g/mol. The number of hydrogen-bond acceptors (Lipinski definition) is 4. The van der Waals surface area contributed by atoms with E-state index in [4.69, 9.17) is 20.8 Å². The van der Waals surface area contributed by atoms with Crippen molar-refractivity contribution in [1.82, 2.24) is 10.2 Å². The van der Waals surface area contributed by atoms with Crippen molar-refractivity contribution in [1.29, 1.82) is 0 Å². The molecule has 6 heteroatoms. The van der Waals surface area contributed by atoms with E-state index in [0.29, 0.717) is 12.3 Å². The number of carbonyl (C=O) groups is 1. The Labute approximate surface area is 165 Å². The minimum Gasteiger partial charge on any atom is -0.484 e. The van der Waals surface area contributed by atoms with Crippen LogP contribution in [0, 0.1) is 13.8 Å². The standard InChI is InChI=1S/C21H27ClN2O3/c1-15-11-17(12-16(2)21(15)22)27-14-20(25)23-13-18(19-7-6-10-26-19)24-8-4-3-5-9-24/h6-7,10-12,18H,3-5,8-9,13-14H2,1-2H3,(H,23,25)/t18-/m1/s1. The van der Waals surface area contributed by atoms with Crippen molar-refractivity contribution >= 4 is 17.5 Å². The molecule has 0 aliphatic carbocycles. The minimum absolute atomic E-state index is 0.0224. The van der Waals surface area contributed by atoms with Crippen molar-refractivity contribution in [2.75, 3.05) is 26.2 Å². The van der Waals surface area contributed by atoms with Crippen molar-refractivity contribution in [3.63, 3.8) is 0 Å². The maximum absolute atomic E-state index is 12.3. The number of halogens is 1. The molecular weight excluding hydrogens is 364 g/mol. The fourth-order valence-electron chi connectivity index (χ4n) is 3.52. The summed E-state index contributed by atoms with van der Waals surface area (Å²) in [6.07, 6.45) is 5.32. The molecule has 0 saturated carbocycles. The third-order valence-electron chi connectivity index (χ3n) is 4.98. The van der Waals surface area contributed by atoms with Gasteiger partial charge >= 0.3 is 0 Å². The molecule has 0 unspecified atom stereocenters. The van der Waals surface area contributed by atoms with Gasteiger partial charge in [-0.3, -0.25) is 9.69 Å². The van der Waals surface area contributed by atoms with Crippen molar-refractivity contribution < 1.29 is 13.9 Å². The summed E-state index contributed by atoms with van der Waals surface area (Å²) in [7, 11) is 0. The number of furan rings is 1. The zero-order valence-corrected chi connectivity index (χ0v) is 16.7. The summed E-state index contributed by atoms with van der Waals surface area (Å²) < 4.78 is 11.3. The second-order valence-corrected chi connectivity index (χ2v) is 7.47. The van der Waals surface area contributed by atoms with Crippen LogP contribution in [0.3, 0.4) is 0 Å². The van der Waals surface area contributed by atoms with Gasteiger partial charge in [0.2, 0.25) is 0 Å². The topological polar surface area (TPSA) is 54.7 Å². The third-order valence-corrected chi connectivity index (χ3v) is 5.57. The average Bonchev–Trinajstić information content (AvgIpc) is 3.20. The van der Waals surface area contributed by atoms with Crippen LogP contribution in [0.4, 0.5) is 0 Å². The van der Waals surface area contributed by atoms with Crippen LogP contribution in [0.25, 0.3) is 0 Å². The first kappa shape index (κ1) is 19.8. The lowest BCUT2D eigenvalue weighted by Crippen LogP contribution is -2.41. The summed E-state index contributed by atoms with van der Waals surface area (Å²) in [5.74, 6) is 1.40. The minimum atomic E-state index is -0.145. The van der Waals surface area contributed by atoms with Crippen molar-refractivity contribution in [2.24, 2.45) is 0 Å². The lowest BCUT2D eigenvalue weighted by atomic mass is 10.1. The van der Waals surface area contributed by atoms with Crippen LogP contribution >= 0.6 is 11.6 Å².